The number of carboxylic acid groups (broad SMARTS) is 1. The van der Waals surface area contributed by atoms with Crippen LogP contribution in [0.15, 0.2) is 12.1 Å². The van der Waals surface area contributed by atoms with Crippen molar-refractivity contribution in [2.24, 2.45) is 0 Å². The van der Waals surface area contributed by atoms with E-state index >= 15 is 0 Å². The first-order chi connectivity index (χ1) is 10.0. The molecule has 0 aromatic heterocycles. The number of nitro groups is 1. The maximum atomic E-state index is 11.1. The number of benzene rings is 1. The summed E-state index contributed by atoms with van der Waals surface area (Å²) < 4.78 is 16.0. The standard InChI is InChI=1S/C13H15NO7/c1-19-11-5-9(13(15)16)10(14(17)18)6-12(11)21-8-3-2-4-20-7-8/h5-6,8H,2-4,7H2,1H3,(H,15,16). The number of carbonyl (C=O) groups is 1. The lowest BCUT2D eigenvalue weighted by molar-refractivity contribution is -0.385. The monoisotopic (exact) mass is 297 g/mol. The zero-order valence-corrected chi connectivity index (χ0v) is 11.4. The molecule has 1 N–H and O–H groups in total. The van der Waals surface area contributed by atoms with Gasteiger partial charge in [0.1, 0.15) is 11.7 Å². The second-order valence-electron chi connectivity index (χ2n) is 4.54. The molecule has 114 valence electrons. The van der Waals surface area contributed by atoms with E-state index in [1.807, 2.05) is 0 Å². The fraction of sp³-hybridized carbons (Fsp3) is 0.462. The maximum Gasteiger partial charge on any atom is 0.342 e. The first kappa shape index (κ1) is 15.0. The molecule has 0 saturated carbocycles. The molecule has 0 aliphatic carbocycles. The first-order valence-corrected chi connectivity index (χ1v) is 6.37. The van der Waals surface area contributed by atoms with Gasteiger partial charge in [-0.3, -0.25) is 10.1 Å². The summed E-state index contributed by atoms with van der Waals surface area (Å²) in [4.78, 5) is 21.3. The van der Waals surface area contributed by atoms with E-state index in [1.165, 1.54) is 7.11 Å². The van der Waals surface area contributed by atoms with Crippen molar-refractivity contribution in [2.75, 3.05) is 20.3 Å². The van der Waals surface area contributed by atoms with Gasteiger partial charge >= 0.3 is 5.97 Å². The summed E-state index contributed by atoms with van der Waals surface area (Å²) >= 11 is 0. The fourth-order valence-electron chi connectivity index (χ4n) is 2.11. The number of nitrogens with zero attached hydrogens (tertiary/aromatic N) is 1. The van der Waals surface area contributed by atoms with E-state index in [1.54, 1.807) is 0 Å². The minimum absolute atomic E-state index is 0.142. The highest BCUT2D eigenvalue weighted by molar-refractivity contribution is 5.93. The summed E-state index contributed by atoms with van der Waals surface area (Å²) in [6.45, 7) is 1.05. The number of rotatable bonds is 5. The van der Waals surface area contributed by atoms with Crippen molar-refractivity contribution in [1.82, 2.24) is 0 Å². The molecule has 1 atom stereocenters. The van der Waals surface area contributed by atoms with E-state index in [-0.39, 0.29) is 17.6 Å². The number of hydrogen-bond donors (Lipinski definition) is 1. The van der Waals surface area contributed by atoms with Gasteiger partial charge in [-0.25, -0.2) is 4.79 Å². The van der Waals surface area contributed by atoms with E-state index < -0.39 is 22.1 Å². The maximum absolute atomic E-state index is 11.1. The van der Waals surface area contributed by atoms with Crippen LogP contribution < -0.4 is 9.47 Å². The van der Waals surface area contributed by atoms with Crippen molar-refractivity contribution >= 4 is 11.7 Å². The quantitative estimate of drug-likeness (QED) is 0.652. The lowest BCUT2D eigenvalue weighted by atomic mass is 10.1. The van der Waals surface area contributed by atoms with Crippen molar-refractivity contribution in [3.63, 3.8) is 0 Å². The van der Waals surface area contributed by atoms with E-state index in [9.17, 15) is 14.9 Å². The van der Waals surface area contributed by atoms with E-state index in [0.29, 0.717) is 13.2 Å². The average Bonchev–Trinajstić information content (AvgIpc) is 2.47. The molecule has 0 spiro atoms. The lowest BCUT2D eigenvalue weighted by Gasteiger charge is -2.24. The van der Waals surface area contributed by atoms with Crippen molar-refractivity contribution in [3.05, 3.63) is 27.8 Å². The number of hydrogen-bond acceptors (Lipinski definition) is 6. The van der Waals surface area contributed by atoms with Gasteiger partial charge < -0.3 is 19.3 Å². The SMILES string of the molecule is COc1cc(C(=O)O)c([N+](=O)[O-])cc1OC1CCCOC1. The van der Waals surface area contributed by atoms with Crippen LogP contribution in [0.2, 0.25) is 0 Å². The van der Waals surface area contributed by atoms with Gasteiger partial charge in [-0.2, -0.15) is 0 Å². The summed E-state index contributed by atoms with van der Waals surface area (Å²) in [5, 5.41) is 20.0. The van der Waals surface area contributed by atoms with Crippen LogP contribution in [-0.2, 0) is 4.74 Å². The molecular weight excluding hydrogens is 282 g/mol. The Labute approximate surface area is 120 Å². The molecule has 1 aliphatic rings. The van der Waals surface area contributed by atoms with Gasteiger partial charge in [0, 0.05) is 12.7 Å². The summed E-state index contributed by atoms with van der Waals surface area (Å²) in [6.07, 6.45) is 1.36. The van der Waals surface area contributed by atoms with Crippen LogP contribution >= 0.6 is 0 Å². The van der Waals surface area contributed by atoms with E-state index in [0.717, 1.165) is 25.0 Å². The molecule has 1 aromatic carbocycles. The third kappa shape index (κ3) is 3.40. The van der Waals surface area contributed by atoms with Crippen LogP contribution in [0.5, 0.6) is 11.5 Å². The van der Waals surface area contributed by atoms with Crippen LogP contribution in [0, 0.1) is 10.1 Å². The molecular formula is C13H15NO7. The molecule has 1 aromatic rings. The van der Waals surface area contributed by atoms with Gasteiger partial charge in [-0.15, -0.1) is 0 Å². The van der Waals surface area contributed by atoms with Gasteiger partial charge in [0.2, 0.25) is 0 Å². The van der Waals surface area contributed by atoms with Crippen molar-refractivity contribution in [2.45, 2.75) is 18.9 Å². The van der Waals surface area contributed by atoms with E-state index in [2.05, 4.69) is 0 Å². The van der Waals surface area contributed by atoms with Crippen molar-refractivity contribution in [1.29, 1.82) is 0 Å². The summed E-state index contributed by atoms with van der Waals surface area (Å²) in [7, 11) is 1.34. The van der Waals surface area contributed by atoms with E-state index in [4.69, 9.17) is 19.3 Å². The largest absolute Gasteiger partial charge is 0.493 e. The third-order valence-electron chi connectivity index (χ3n) is 3.12. The Kier molecular flexibility index (Phi) is 4.59. The third-order valence-corrected chi connectivity index (χ3v) is 3.12. The summed E-state index contributed by atoms with van der Waals surface area (Å²) in [5.41, 5.74) is -0.973. The smallest absolute Gasteiger partial charge is 0.342 e. The normalized spacial score (nSPS) is 18.0. The number of ether oxygens (including phenoxy) is 3. The molecule has 0 amide bonds. The Bertz CT molecular complexity index is 552. The number of carboxylic acids is 1. The second-order valence-corrected chi connectivity index (χ2v) is 4.54. The van der Waals surface area contributed by atoms with Crippen LogP contribution in [0.3, 0.4) is 0 Å². The molecule has 8 nitrogen and oxygen atoms in total. The molecule has 1 fully saturated rings. The van der Waals surface area contributed by atoms with Gasteiger partial charge in [0.25, 0.3) is 5.69 Å². The Morgan fingerprint density at radius 1 is 1.48 bits per heavy atom. The molecule has 2 rings (SSSR count). The number of aromatic carboxylic acids is 1. The summed E-state index contributed by atoms with van der Waals surface area (Å²) in [5.74, 6) is -1.11. The Morgan fingerprint density at radius 2 is 2.24 bits per heavy atom. The number of methoxy groups -OCH3 is 1. The van der Waals surface area contributed by atoms with Gasteiger partial charge in [0.05, 0.1) is 24.7 Å². The van der Waals surface area contributed by atoms with Gasteiger partial charge in [-0.1, -0.05) is 0 Å². The highest BCUT2D eigenvalue weighted by atomic mass is 16.6. The zero-order valence-electron chi connectivity index (χ0n) is 11.4. The molecule has 0 radical (unpaired) electrons. The zero-order chi connectivity index (χ0) is 15.4. The molecule has 21 heavy (non-hydrogen) atoms. The molecule has 1 saturated heterocycles. The molecule has 1 aliphatic heterocycles. The molecule has 8 heteroatoms. The average molecular weight is 297 g/mol. The van der Waals surface area contributed by atoms with Crippen LogP contribution in [-0.4, -0.2) is 42.4 Å². The summed E-state index contributed by atoms with van der Waals surface area (Å²) in [6, 6.07) is 2.18. The Balaban J connectivity index is 2.36. The van der Waals surface area contributed by atoms with Crippen LogP contribution in [0.25, 0.3) is 0 Å². The van der Waals surface area contributed by atoms with Crippen molar-refractivity contribution in [3.8, 4) is 11.5 Å². The Morgan fingerprint density at radius 3 is 2.76 bits per heavy atom. The number of nitro benzene ring substituents is 1. The predicted octanol–water partition coefficient (Wildman–Crippen LogP) is 1.86. The minimum atomic E-state index is -1.40. The highest BCUT2D eigenvalue weighted by Crippen LogP contribution is 2.36. The predicted molar refractivity (Wildman–Crippen MR) is 71.1 cm³/mol. The second kappa shape index (κ2) is 6.40. The molecule has 1 heterocycles. The highest BCUT2D eigenvalue weighted by Gasteiger charge is 2.26. The van der Waals surface area contributed by atoms with Crippen LogP contribution in [0.4, 0.5) is 5.69 Å². The lowest BCUT2D eigenvalue weighted by Crippen LogP contribution is -2.28. The van der Waals surface area contributed by atoms with Crippen molar-refractivity contribution < 1.29 is 29.0 Å². The van der Waals surface area contributed by atoms with Crippen LogP contribution in [0.1, 0.15) is 23.2 Å². The topological polar surface area (TPSA) is 108 Å². The van der Waals surface area contributed by atoms with Gasteiger partial charge in [-0.05, 0) is 12.8 Å². The minimum Gasteiger partial charge on any atom is -0.493 e. The first-order valence-electron chi connectivity index (χ1n) is 6.37. The van der Waals surface area contributed by atoms with Gasteiger partial charge in [0.15, 0.2) is 11.5 Å². The molecule has 1 unspecified atom stereocenters. The Hall–Kier alpha value is -2.35. The fourth-order valence-corrected chi connectivity index (χ4v) is 2.11. The molecule has 0 bridgehead atoms.